The molecule has 0 spiro atoms. The molecule has 0 saturated carbocycles. The van der Waals surface area contributed by atoms with Crippen molar-refractivity contribution in [1.29, 1.82) is 0 Å². The molecule has 2 nitrogen and oxygen atoms in total. The SMILES string of the molecule is Cc1ccc(N(C)CCCC(N)c2ccccc2)c(C)c1. The summed E-state index contributed by atoms with van der Waals surface area (Å²) in [6.07, 6.45) is 2.11. The molecule has 2 N–H and O–H groups in total. The Hall–Kier alpha value is -1.80. The van der Waals surface area contributed by atoms with Gasteiger partial charge in [-0.25, -0.2) is 0 Å². The molecule has 1 atom stereocenters. The van der Waals surface area contributed by atoms with Crippen LogP contribution in [0, 0.1) is 13.8 Å². The summed E-state index contributed by atoms with van der Waals surface area (Å²) in [5.41, 5.74) is 11.4. The molecule has 0 amide bonds. The highest BCUT2D eigenvalue weighted by atomic mass is 15.1. The van der Waals surface area contributed by atoms with Crippen molar-refractivity contribution >= 4 is 5.69 Å². The summed E-state index contributed by atoms with van der Waals surface area (Å²) in [7, 11) is 2.16. The average Bonchev–Trinajstić information content (AvgIpc) is 2.47. The van der Waals surface area contributed by atoms with Gasteiger partial charge in [0.25, 0.3) is 0 Å². The summed E-state index contributed by atoms with van der Waals surface area (Å²) >= 11 is 0. The highest BCUT2D eigenvalue weighted by Gasteiger charge is 2.08. The molecule has 2 aromatic rings. The van der Waals surface area contributed by atoms with Gasteiger partial charge in [0.1, 0.15) is 0 Å². The lowest BCUT2D eigenvalue weighted by Gasteiger charge is -2.22. The van der Waals surface area contributed by atoms with Crippen molar-refractivity contribution < 1.29 is 0 Å². The molecule has 0 fully saturated rings. The number of benzene rings is 2. The summed E-state index contributed by atoms with van der Waals surface area (Å²) in [6.45, 7) is 5.34. The van der Waals surface area contributed by atoms with Crippen LogP contribution < -0.4 is 10.6 Å². The van der Waals surface area contributed by atoms with Crippen molar-refractivity contribution in [3.05, 3.63) is 65.2 Å². The Morgan fingerprint density at radius 2 is 1.76 bits per heavy atom. The maximum absolute atomic E-state index is 6.25. The van der Waals surface area contributed by atoms with E-state index in [1.54, 1.807) is 0 Å². The zero-order valence-electron chi connectivity index (χ0n) is 13.3. The number of nitrogens with zero attached hydrogens (tertiary/aromatic N) is 1. The van der Waals surface area contributed by atoms with Crippen LogP contribution in [0.15, 0.2) is 48.5 Å². The van der Waals surface area contributed by atoms with Crippen LogP contribution >= 0.6 is 0 Å². The van der Waals surface area contributed by atoms with E-state index in [0.717, 1.165) is 19.4 Å². The van der Waals surface area contributed by atoms with Crippen molar-refractivity contribution in [2.24, 2.45) is 5.73 Å². The maximum Gasteiger partial charge on any atom is 0.0393 e. The fourth-order valence-corrected chi connectivity index (χ4v) is 2.77. The minimum absolute atomic E-state index is 0.138. The molecular weight excluding hydrogens is 256 g/mol. The lowest BCUT2D eigenvalue weighted by atomic mass is 10.0. The van der Waals surface area contributed by atoms with E-state index in [1.165, 1.54) is 22.4 Å². The molecule has 21 heavy (non-hydrogen) atoms. The van der Waals surface area contributed by atoms with Gasteiger partial charge in [0, 0.05) is 25.3 Å². The van der Waals surface area contributed by atoms with E-state index in [9.17, 15) is 0 Å². The lowest BCUT2D eigenvalue weighted by molar-refractivity contribution is 0.609. The van der Waals surface area contributed by atoms with Crippen molar-refractivity contribution in [1.82, 2.24) is 0 Å². The quantitative estimate of drug-likeness (QED) is 0.859. The first-order valence-corrected chi connectivity index (χ1v) is 7.67. The molecule has 2 heteroatoms. The van der Waals surface area contributed by atoms with Gasteiger partial charge < -0.3 is 10.6 Å². The number of anilines is 1. The third-order valence-electron chi connectivity index (χ3n) is 4.00. The topological polar surface area (TPSA) is 29.3 Å². The number of hydrogen-bond donors (Lipinski definition) is 1. The minimum atomic E-state index is 0.138. The second-order valence-electron chi connectivity index (χ2n) is 5.87. The highest BCUT2D eigenvalue weighted by Crippen LogP contribution is 2.21. The first-order valence-electron chi connectivity index (χ1n) is 7.67. The summed E-state index contributed by atoms with van der Waals surface area (Å²) in [5.74, 6) is 0. The van der Waals surface area contributed by atoms with Gasteiger partial charge in [-0.2, -0.15) is 0 Å². The van der Waals surface area contributed by atoms with Gasteiger partial charge in [0.2, 0.25) is 0 Å². The van der Waals surface area contributed by atoms with Gasteiger partial charge in [0.05, 0.1) is 0 Å². The summed E-state index contributed by atoms with van der Waals surface area (Å²) < 4.78 is 0. The van der Waals surface area contributed by atoms with Crippen LogP contribution in [-0.2, 0) is 0 Å². The van der Waals surface area contributed by atoms with E-state index in [2.05, 4.69) is 68.3 Å². The van der Waals surface area contributed by atoms with Crippen molar-refractivity contribution in [2.45, 2.75) is 32.7 Å². The zero-order chi connectivity index (χ0) is 15.2. The molecule has 1 unspecified atom stereocenters. The second kappa shape index (κ2) is 7.28. The lowest BCUT2D eigenvalue weighted by Crippen LogP contribution is -2.21. The zero-order valence-corrected chi connectivity index (χ0v) is 13.3. The molecule has 0 bridgehead atoms. The van der Waals surface area contributed by atoms with E-state index in [1.807, 2.05) is 6.07 Å². The van der Waals surface area contributed by atoms with Crippen molar-refractivity contribution in [2.75, 3.05) is 18.5 Å². The maximum atomic E-state index is 6.25. The van der Waals surface area contributed by atoms with Crippen LogP contribution in [0.3, 0.4) is 0 Å². The van der Waals surface area contributed by atoms with E-state index in [4.69, 9.17) is 5.73 Å². The third kappa shape index (κ3) is 4.33. The Morgan fingerprint density at radius 1 is 1.05 bits per heavy atom. The Balaban J connectivity index is 1.85. The molecule has 112 valence electrons. The molecule has 0 saturated heterocycles. The predicted molar refractivity (Wildman–Crippen MR) is 91.8 cm³/mol. The third-order valence-corrected chi connectivity index (χ3v) is 4.00. The van der Waals surface area contributed by atoms with Gasteiger partial charge >= 0.3 is 0 Å². The van der Waals surface area contributed by atoms with E-state index in [0.29, 0.717) is 0 Å². The molecular formula is C19H26N2. The second-order valence-corrected chi connectivity index (χ2v) is 5.87. The summed E-state index contributed by atoms with van der Waals surface area (Å²) in [5, 5.41) is 0. The van der Waals surface area contributed by atoms with Crippen LogP contribution in [-0.4, -0.2) is 13.6 Å². The van der Waals surface area contributed by atoms with Gasteiger partial charge in [-0.3, -0.25) is 0 Å². The molecule has 0 radical (unpaired) electrons. The van der Waals surface area contributed by atoms with E-state index in [-0.39, 0.29) is 6.04 Å². The van der Waals surface area contributed by atoms with Crippen LogP contribution in [0.1, 0.15) is 35.6 Å². The highest BCUT2D eigenvalue weighted by molar-refractivity contribution is 5.53. The molecule has 2 rings (SSSR count). The monoisotopic (exact) mass is 282 g/mol. The number of hydrogen-bond acceptors (Lipinski definition) is 2. The Bertz CT molecular complexity index is 563. The predicted octanol–water partition coefficient (Wildman–Crippen LogP) is 4.22. The molecule has 0 aliphatic carbocycles. The number of aryl methyl sites for hydroxylation is 2. The first kappa shape index (κ1) is 15.6. The smallest absolute Gasteiger partial charge is 0.0393 e. The fourth-order valence-electron chi connectivity index (χ4n) is 2.77. The van der Waals surface area contributed by atoms with Gasteiger partial charge in [0.15, 0.2) is 0 Å². The number of nitrogens with two attached hydrogens (primary N) is 1. The van der Waals surface area contributed by atoms with Crippen LogP contribution in [0.2, 0.25) is 0 Å². The van der Waals surface area contributed by atoms with Crippen LogP contribution in [0.25, 0.3) is 0 Å². The van der Waals surface area contributed by atoms with Gasteiger partial charge in [-0.15, -0.1) is 0 Å². The van der Waals surface area contributed by atoms with Crippen molar-refractivity contribution in [3.8, 4) is 0 Å². The van der Waals surface area contributed by atoms with Gasteiger partial charge in [-0.05, 0) is 43.9 Å². The van der Waals surface area contributed by atoms with E-state index >= 15 is 0 Å². The largest absolute Gasteiger partial charge is 0.374 e. The first-order chi connectivity index (χ1) is 10.1. The molecule has 2 aromatic carbocycles. The molecule has 0 heterocycles. The molecule has 0 aliphatic heterocycles. The standard InChI is InChI=1S/C19H26N2/c1-15-11-12-19(16(2)14-15)21(3)13-7-10-18(20)17-8-5-4-6-9-17/h4-6,8-9,11-12,14,18H,7,10,13,20H2,1-3H3. The van der Waals surface area contributed by atoms with E-state index < -0.39 is 0 Å². The van der Waals surface area contributed by atoms with Crippen LogP contribution in [0.4, 0.5) is 5.69 Å². The van der Waals surface area contributed by atoms with Crippen molar-refractivity contribution in [3.63, 3.8) is 0 Å². The Labute approximate surface area is 128 Å². The Kier molecular flexibility index (Phi) is 5.40. The summed E-state index contributed by atoms with van der Waals surface area (Å²) in [6, 6.07) is 17.1. The Morgan fingerprint density at radius 3 is 2.43 bits per heavy atom. The minimum Gasteiger partial charge on any atom is -0.374 e. The molecule has 0 aliphatic rings. The molecule has 0 aromatic heterocycles. The van der Waals surface area contributed by atoms with Gasteiger partial charge in [-0.1, -0.05) is 48.0 Å². The fraction of sp³-hybridized carbons (Fsp3) is 0.368. The summed E-state index contributed by atoms with van der Waals surface area (Å²) in [4.78, 5) is 2.33. The normalized spacial score (nSPS) is 12.2. The van der Waals surface area contributed by atoms with Crippen LogP contribution in [0.5, 0.6) is 0 Å². The average molecular weight is 282 g/mol. The number of rotatable bonds is 6.